The first kappa shape index (κ1) is 22.0. The molecule has 1 amide bonds. The number of sulfonamides is 1. The van der Waals surface area contributed by atoms with Crippen LogP contribution < -0.4 is 4.72 Å². The number of anilines is 1. The Labute approximate surface area is 191 Å². The lowest BCUT2D eigenvalue weighted by molar-refractivity contribution is 0.0640. The zero-order valence-electron chi connectivity index (χ0n) is 17.3. The first-order valence-corrected chi connectivity index (χ1v) is 13.4. The van der Waals surface area contributed by atoms with E-state index in [9.17, 15) is 13.2 Å². The van der Waals surface area contributed by atoms with Gasteiger partial charge in [-0.15, -0.1) is 22.7 Å². The largest absolute Gasteiger partial charge is 0.335 e. The van der Waals surface area contributed by atoms with Crippen LogP contribution in [0.2, 0.25) is 0 Å². The molecule has 0 atom stereocenters. The van der Waals surface area contributed by atoms with Crippen molar-refractivity contribution in [3.63, 3.8) is 0 Å². The van der Waals surface area contributed by atoms with Crippen LogP contribution in [-0.2, 0) is 16.4 Å². The maximum Gasteiger partial charge on any atom is 0.265 e. The zero-order valence-corrected chi connectivity index (χ0v) is 19.7. The molecular weight excluding hydrogens is 450 g/mol. The van der Waals surface area contributed by atoms with E-state index in [0.29, 0.717) is 18.8 Å². The number of nitrogens with one attached hydrogen (secondary N) is 1. The van der Waals surface area contributed by atoms with Gasteiger partial charge in [0.2, 0.25) is 0 Å². The van der Waals surface area contributed by atoms with Crippen molar-refractivity contribution in [1.82, 2.24) is 9.80 Å². The fraction of sp³-hybridized carbons (Fsp3) is 0.318. The second-order valence-corrected chi connectivity index (χ2v) is 11.1. The van der Waals surface area contributed by atoms with Crippen molar-refractivity contribution in [2.75, 3.05) is 37.4 Å². The van der Waals surface area contributed by atoms with Crippen LogP contribution in [0.1, 0.15) is 20.1 Å². The molecule has 3 heterocycles. The number of carbonyl (C=O) groups excluding carboxylic acids is 1. The van der Waals surface area contributed by atoms with Crippen LogP contribution in [0.3, 0.4) is 0 Å². The highest BCUT2D eigenvalue weighted by Gasteiger charge is 2.29. The molecule has 1 N–H and O–H groups in total. The van der Waals surface area contributed by atoms with E-state index in [2.05, 4.69) is 27.1 Å². The summed E-state index contributed by atoms with van der Waals surface area (Å²) in [6.45, 7) is 5.72. The Kier molecular flexibility index (Phi) is 6.76. The van der Waals surface area contributed by atoms with Crippen LogP contribution in [0, 0.1) is 6.92 Å². The Morgan fingerprint density at radius 3 is 2.42 bits per heavy atom. The Balaban J connectivity index is 1.39. The van der Waals surface area contributed by atoms with Crippen molar-refractivity contribution in [2.45, 2.75) is 18.2 Å². The number of amides is 1. The van der Waals surface area contributed by atoms with Crippen molar-refractivity contribution in [2.24, 2.45) is 0 Å². The van der Waals surface area contributed by atoms with Gasteiger partial charge in [-0.25, -0.2) is 8.42 Å². The number of hydrogen-bond donors (Lipinski definition) is 1. The summed E-state index contributed by atoms with van der Waals surface area (Å²) in [5.74, 6) is -0.211. The topological polar surface area (TPSA) is 69.7 Å². The van der Waals surface area contributed by atoms with Gasteiger partial charge in [-0.1, -0.05) is 23.8 Å². The van der Waals surface area contributed by atoms with Gasteiger partial charge in [-0.2, -0.15) is 0 Å². The molecule has 0 radical (unpaired) electrons. The van der Waals surface area contributed by atoms with E-state index in [1.54, 1.807) is 33.7 Å². The quantitative estimate of drug-likeness (QED) is 0.562. The van der Waals surface area contributed by atoms with Crippen molar-refractivity contribution in [3.05, 3.63) is 68.5 Å². The highest BCUT2D eigenvalue weighted by atomic mass is 32.2. The molecule has 1 fully saturated rings. The number of aryl methyl sites for hydroxylation is 1. The highest BCUT2D eigenvalue weighted by molar-refractivity contribution is 7.93. The highest BCUT2D eigenvalue weighted by Crippen LogP contribution is 2.26. The fourth-order valence-corrected chi connectivity index (χ4v) is 6.69. The smallest absolute Gasteiger partial charge is 0.265 e. The summed E-state index contributed by atoms with van der Waals surface area (Å²) in [6, 6.07) is 12.8. The predicted molar refractivity (Wildman–Crippen MR) is 127 cm³/mol. The molecule has 0 saturated carbocycles. The Bertz CT molecular complexity index is 1110. The van der Waals surface area contributed by atoms with Crippen LogP contribution in [-0.4, -0.2) is 56.8 Å². The van der Waals surface area contributed by atoms with E-state index in [1.807, 2.05) is 19.1 Å². The molecule has 0 unspecified atom stereocenters. The minimum Gasteiger partial charge on any atom is -0.335 e. The summed E-state index contributed by atoms with van der Waals surface area (Å²) >= 11 is 2.95. The summed E-state index contributed by atoms with van der Waals surface area (Å²) in [5, 5.41) is 3.75. The molecule has 1 aliphatic heterocycles. The lowest BCUT2D eigenvalue weighted by Gasteiger charge is -2.34. The molecule has 0 aliphatic carbocycles. The van der Waals surface area contributed by atoms with Gasteiger partial charge < -0.3 is 4.90 Å². The molecule has 9 heteroatoms. The SMILES string of the molecule is Cc1ccc(NS(=O)(=O)c2ccsc2C(=O)N2CCN(CCc3cccs3)CC2)cc1. The Morgan fingerprint density at radius 2 is 1.74 bits per heavy atom. The summed E-state index contributed by atoms with van der Waals surface area (Å²) in [4.78, 5) is 18.9. The maximum absolute atomic E-state index is 13.1. The molecule has 1 aliphatic rings. The Morgan fingerprint density at radius 1 is 1.00 bits per heavy atom. The average Bonchev–Trinajstić information content (AvgIpc) is 3.46. The molecule has 164 valence electrons. The minimum absolute atomic E-state index is 0.0446. The summed E-state index contributed by atoms with van der Waals surface area (Å²) < 4.78 is 28.4. The molecule has 31 heavy (non-hydrogen) atoms. The van der Waals surface area contributed by atoms with Crippen molar-refractivity contribution in [1.29, 1.82) is 0 Å². The van der Waals surface area contributed by atoms with Gasteiger partial charge in [0.05, 0.1) is 0 Å². The third-order valence-corrected chi connectivity index (χ3v) is 8.72. The average molecular weight is 476 g/mol. The molecule has 0 spiro atoms. The van der Waals surface area contributed by atoms with Gasteiger partial charge in [0.15, 0.2) is 0 Å². The van der Waals surface area contributed by atoms with Crippen LogP contribution >= 0.6 is 22.7 Å². The molecule has 1 aromatic carbocycles. The minimum atomic E-state index is -3.84. The van der Waals surface area contributed by atoms with E-state index < -0.39 is 10.0 Å². The first-order chi connectivity index (χ1) is 14.9. The van der Waals surface area contributed by atoms with E-state index in [1.165, 1.54) is 22.3 Å². The van der Waals surface area contributed by atoms with Gasteiger partial charge in [-0.3, -0.25) is 14.4 Å². The van der Waals surface area contributed by atoms with Crippen LogP contribution in [0.25, 0.3) is 0 Å². The summed E-state index contributed by atoms with van der Waals surface area (Å²) in [7, 11) is -3.84. The number of rotatable bonds is 7. The molecule has 3 aromatic rings. The normalized spacial score (nSPS) is 15.2. The number of benzene rings is 1. The Hall–Kier alpha value is -2.20. The van der Waals surface area contributed by atoms with Crippen molar-refractivity contribution < 1.29 is 13.2 Å². The van der Waals surface area contributed by atoms with Gasteiger partial charge in [-0.05, 0) is 48.4 Å². The standard InChI is InChI=1S/C22H25N3O3S3/c1-17-4-6-18(7-5-17)23-31(27,28)20-9-16-30-21(20)22(26)25-13-11-24(12-14-25)10-8-19-3-2-15-29-19/h2-7,9,15-16,23H,8,10-14H2,1H3. The monoisotopic (exact) mass is 475 g/mol. The lowest BCUT2D eigenvalue weighted by Crippen LogP contribution is -2.49. The first-order valence-electron chi connectivity index (χ1n) is 10.1. The van der Waals surface area contributed by atoms with E-state index in [0.717, 1.165) is 31.6 Å². The third-order valence-electron chi connectivity index (χ3n) is 5.33. The number of piperazine rings is 1. The van der Waals surface area contributed by atoms with E-state index in [-0.39, 0.29) is 15.7 Å². The fourth-order valence-electron chi connectivity index (χ4n) is 3.54. The number of thiophene rings is 2. The maximum atomic E-state index is 13.1. The van der Waals surface area contributed by atoms with Gasteiger partial charge in [0, 0.05) is 43.3 Å². The summed E-state index contributed by atoms with van der Waals surface area (Å²) in [6.07, 6.45) is 1.02. The summed E-state index contributed by atoms with van der Waals surface area (Å²) in [5.41, 5.74) is 1.53. The molecule has 0 bridgehead atoms. The van der Waals surface area contributed by atoms with E-state index >= 15 is 0 Å². The molecule has 6 nitrogen and oxygen atoms in total. The van der Waals surface area contributed by atoms with Crippen LogP contribution in [0.5, 0.6) is 0 Å². The number of carbonyl (C=O) groups is 1. The van der Waals surface area contributed by atoms with Gasteiger partial charge in [0.25, 0.3) is 15.9 Å². The zero-order chi connectivity index (χ0) is 21.8. The van der Waals surface area contributed by atoms with E-state index in [4.69, 9.17) is 0 Å². The van der Waals surface area contributed by atoms with Gasteiger partial charge in [0.1, 0.15) is 9.77 Å². The van der Waals surface area contributed by atoms with Crippen LogP contribution in [0.15, 0.2) is 58.1 Å². The molecule has 4 rings (SSSR count). The second kappa shape index (κ2) is 9.52. The number of nitrogens with zero attached hydrogens (tertiary/aromatic N) is 2. The van der Waals surface area contributed by atoms with Gasteiger partial charge >= 0.3 is 0 Å². The van der Waals surface area contributed by atoms with Crippen LogP contribution in [0.4, 0.5) is 5.69 Å². The second-order valence-electron chi connectivity index (χ2n) is 7.55. The van der Waals surface area contributed by atoms with Crippen molar-refractivity contribution >= 4 is 44.3 Å². The predicted octanol–water partition coefficient (Wildman–Crippen LogP) is 3.92. The lowest BCUT2D eigenvalue weighted by atomic mass is 10.2. The van der Waals surface area contributed by atoms with Crippen molar-refractivity contribution in [3.8, 4) is 0 Å². The third kappa shape index (κ3) is 5.35. The number of hydrogen-bond acceptors (Lipinski definition) is 6. The molecule has 1 saturated heterocycles. The molecular formula is C22H25N3O3S3. The molecule has 2 aromatic heterocycles.